The van der Waals surface area contributed by atoms with Crippen molar-refractivity contribution in [1.82, 2.24) is 5.32 Å². The van der Waals surface area contributed by atoms with Gasteiger partial charge in [-0.2, -0.15) is 0 Å². The molecule has 0 aromatic carbocycles. The SMILES string of the molecule is CCC(C)c1ccc(C2CCNC2)s1. The van der Waals surface area contributed by atoms with Gasteiger partial charge >= 0.3 is 0 Å². The molecule has 2 unspecified atom stereocenters. The van der Waals surface area contributed by atoms with Crippen LogP contribution in [0.25, 0.3) is 0 Å². The first-order valence-electron chi connectivity index (χ1n) is 5.61. The van der Waals surface area contributed by atoms with E-state index in [2.05, 4.69) is 31.3 Å². The molecule has 2 heteroatoms. The number of thiophene rings is 1. The molecule has 0 saturated carbocycles. The van der Waals surface area contributed by atoms with E-state index in [0.717, 1.165) is 11.8 Å². The van der Waals surface area contributed by atoms with Crippen molar-refractivity contribution in [1.29, 1.82) is 0 Å². The molecule has 0 bridgehead atoms. The largest absolute Gasteiger partial charge is 0.316 e. The first-order valence-corrected chi connectivity index (χ1v) is 6.43. The molecule has 0 amide bonds. The number of nitrogens with one attached hydrogen (secondary N) is 1. The van der Waals surface area contributed by atoms with Crippen molar-refractivity contribution in [2.75, 3.05) is 13.1 Å². The molecule has 1 saturated heterocycles. The molecule has 2 atom stereocenters. The van der Waals surface area contributed by atoms with Crippen LogP contribution >= 0.6 is 11.3 Å². The Balaban J connectivity index is 2.08. The van der Waals surface area contributed by atoms with Crippen molar-refractivity contribution in [3.63, 3.8) is 0 Å². The van der Waals surface area contributed by atoms with E-state index >= 15 is 0 Å². The van der Waals surface area contributed by atoms with E-state index in [1.165, 1.54) is 25.9 Å². The summed E-state index contributed by atoms with van der Waals surface area (Å²) in [7, 11) is 0. The van der Waals surface area contributed by atoms with Gasteiger partial charge < -0.3 is 5.32 Å². The quantitative estimate of drug-likeness (QED) is 0.805. The average molecular weight is 209 g/mol. The Hall–Kier alpha value is -0.340. The van der Waals surface area contributed by atoms with Crippen molar-refractivity contribution >= 4 is 11.3 Å². The first kappa shape index (κ1) is 10.2. The standard InChI is InChI=1S/C12H19NS/c1-3-9(2)11-4-5-12(14-11)10-6-7-13-8-10/h4-5,9-10,13H,3,6-8H2,1-2H3. The summed E-state index contributed by atoms with van der Waals surface area (Å²) < 4.78 is 0. The van der Waals surface area contributed by atoms with Gasteiger partial charge in [-0.1, -0.05) is 13.8 Å². The lowest BCUT2D eigenvalue weighted by molar-refractivity contribution is 0.748. The van der Waals surface area contributed by atoms with Gasteiger partial charge in [0.05, 0.1) is 0 Å². The van der Waals surface area contributed by atoms with E-state index in [0.29, 0.717) is 0 Å². The van der Waals surface area contributed by atoms with E-state index in [1.807, 2.05) is 11.3 Å². The third kappa shape index (κ3) is 2.01. The van der Waals surface area contributed by atoms with Gasteiger partial charge in [0.1, 0.15) is 0 Å². The Morgan fingerprint density at radius 1 is 1.57 bits per heavy atom. The summed E-state index contributed by atoms with van der Waals surface area (Å²) in [6.07, 6.45) is 2.57. The zero-order valence-corrected chi connectivity index (χ0v) is 9.86. The van der Waals surface area contributed by atoms with Gasteiger partial charge in [0, 0.05) is 22.2 Å². The third-order valence-corrected chi connectivity index (χ3v) is 4.69. The molecule has 1 aliphatic rings. The fourth-order valence-electron chi connectivity index (χ4n) is 1.95. The van der Waals surface area contributed by atoms with Gasteiger partial charge in [-0.15, -0.1) is 11.3 Å². The molecule has 78 valence electrons. The Morgan fingerprint density at radius 3 is 3.07 bits per heavy atom. The molecule has 2 heterocycles. The molecule has 14 heavy (non-hydrogen) atoms. The summed E-state index contributed by atoms with van der Waals surface area (Å²) >= 11 is 2.02. The summed E-state index contributed by atoms with van der Waals surface area (Å²) in [5.41, 5.74) is 0. The molecule has 2 rings (SSSR count). The van der Waals surface area contributed by atoms with Crippen LogP contribution in [0.15, 0.2) is 12.1 Å². The fraction of sp³-hybridized carbons (Fsp3) is 0.667. The minimum Gasteiger partial charge on any atom is -0.316 e. The fourth-order valence-corrected chi connectivity index (χ4v) is 3.23. The lowest BCUT2D eigenvalue weighted by Gasteiger charge is -2.06. The molecule has 1 nitrogen and oxygen atoms in total. The molecule has 0 spiro atoms. The Kier molecular flexibility index (Phi) is 3.24. The lowest BCUT2D eigenvalue weighted by atomic mass is 10.1. The highest BCUT2D eigenvalue weighted by molar-refractivity contribution is 7.12. The van der Waals surface area contributed by atoms with E-state index in [4.69, 9.17) is 0 Å². The minimum absolute atomic E-state index is 0.739. The van der Waals surface area contributed by atoms with E-state index in [9.17, 15) is 0 Å². The first-order chi connectivity index (χ1) is 6.81. The Bertz CT molecular complexity index is 286. The number of hydrogen-bond acceptors (Lipinski definition) is 2. The van der Waals surface area contributed by atoms with Crippen LogP contribution in [0.1, 0.15) is 48.3 Å². The van der Waals surface area contributed by atoms with Gasteiger partial charge in [0.2, 0.25) is 0 Å². The second-order valence-corrected chi connectivity index (χ2v) is 5.39. The highest BCUT2D eigenvalue weighted by atomic mass is 32.1. The number of hydrogen-bond donors (Lipinski definition) is 1. The monoisotopic (exact) mass is 209 g/mol. The molecule has 0 radical (unpaired) electrons. The molecule has 1 N–H and O–H groups in total. The maximum atomic E-state index is 3.43. The van der Waals surface area contributed by atoms with Crippen molar-refractivity contribution < 1.29 is 0 Å². The predicted molar refractivity (Wildman–Crippen MR) is 63.3 cm³/mol. The van der Waals surface area contributed by atoms with Crippen LogP contribution in [-0.4, -0.2) is 13.1 Å². The van der Waals surface area contributed by atoms with Gasteiger partial charge in [-0.05, 0) is 37.4 Å². The molecular weight excluding hydrogens is 190 g/mol. The van der Waals surface area contributed by atoms with E-state index in [1.54, 1.807) is 9.75 Å². The maximum absolute atomic E-state index is 3.43. The van der Waals surface area contributed by atoms with E-state index in [-0.39, 0.29) is 0 Å². The average Bonchev–Trinajstić information content (AvgIpc) is 2.86. The van der Waals surface area contributed by atoms with Crippen molar-refractivity contribution in [2.24, 2.45) is 0 Å². The van der Waals surface area contributed by atoms with Gasteiger partial charge in [-0.3, -0.25) is 0 Å². The van der Waals surface area contributed by atoms with Crippen LogP contribution in [0.4, 0.5) is 0 Å². The topological polar surface area (TPSA) is 12.0 Å². The van der Waals surface area contributed by atoms with Crippen molar-refractivity contribution in [2.45, 2.75) is 38.5 Å². The number of rotatable bonds is 3. The Labute approximate surface area is 90.5 Å². The van der Waals surface area contributed by atoms with E-state index < -0.39 is 0 Å². The summed E-state index contributed by atoms with van der Waals surface area (Å²) in [5.74, 6) is 1.53. The van der Waals surface area contributed by atoms with Crippen molar-refractivity contribution in [3.8, 4) is 0 Å². The summed E-state index contributed by atoms with van der Waals surface area (Å²) in [5, 5.41) is 3.43. The molecular formula is C12H19NS. The third-order valence-electron chi connectivity index (χ3n) is 3.21. The maximum Gasteiger partial charge on any atom is 0.00923 e. The van der Waals surface area contributed by atoms with Crippen LogP contribution in [0.3, 0.4) is 0 Å². The van der Waals surface area contributed by atoms with Crippen LogP contribution < -0.4 is 5.32 Å². The lowest BCUT2D eigenvalue weighted by Crippen LogP contribution is -2.07. The van der Waals surface area contributed by atoms with Crippen LogP contribution in [0, 0.1) is 0 Å². The molecule has 1 fully saturated rings. The molecule has 1 aliphatic heterocycles. The van der Waals surface area contributed by atoms with Crippen molar-refractivity contribution in [3.05, 3.63) is 21.9 Å². The highest BCUT2D eigenvalue weighted by Crippen LogP contribution is 2.33. The molecule has 1 aromatic heterocycles. The normalized spacial score (nSPS) is 24.0. The summed E-state index contributed by atoms with van der Waals surface area (Å²) in [6, 6.07) is 4.66. The second-order valence-electron chi connectivity index (χ2n) is 4.24. The molecule has 0 aliphatic carbocycles. The zero-order chi connectivity index (χ0) is 9.97. The predicted octanol–water partition coefficient (Wildman–Crippen LogP) is 3.34. The summed E-state index contributed by atoms with van der Waals surface area (Å²) in [6.45, 7) is 6.96. The van der Waals surface area contributed by atoms with Crippen LogP contribution in [0.2, 0.25) is 0 Å². The van der Waals surface area contributed by atoms with Gasteiger partial charge in [-0.25, -0.2) is 0 Å². The highest BCUT2D eigenvalue weighted by Gasteiger charge is 2.18. The van der Waals surface area contributed by atoms with Gasteiger partial charge in [0.25, 0.3) is 0 Å². The van der Waals surface area contributed by atoms with Crippen LogP contribution in [0.5, 0.6) is 0 Å². The minimum atomic E-state index is 0.739. The zero-order valence-electron chi connectivity index (χ0n) is 9.05. The van der Waals surface area contributed by atoms with Crippen LogP contribution in [-0.2, 0) is 0 Å². The second kappa shape index (κ2) is 4.45. The van der Waals surface area contributed by atoms with Gasteiger partial charge in [0.15, 0.2) is 0 Å². The summed E-state index contributed by atoms with van der Waals surface area (Å²) in [4.78, 5) is 3.15. The smallest absolute Gasteiger partial charge is 0.00923 e. The Morgan fingerprint density at radius 2 is 2.43 bits per heavy atom. The molecule has 1 aromatic rings.